The van der Waals surface area contributed by atoms with Gasteiger partial charge in [-0.05, 0) is 50.6 Å². The zero-order chi connectivity index (χ0) is 13.8. The lowest BCUT2D eigenvalue weighted by Gasteiger charge is -2.18. The highest BCUT2D eigenvalue weighted by atomic mass is 19.1. The van der Waals surface area contributed by atoms with Crippen LogP contribution in [-0.4, -0.2) is 17.2 Å². The summed E-state index contributed by atoms with van der Waals surface area (Å²) >= 11 is 0. The van der Waals surface area contributed by atoms with Crippen LogP contribution >= 0.6 is 0 Å². The fourth-order valence-electron chi connectivity index (χ4n) is 2.17. The van der Waals surface area contributed by atoms with Crippen molar-refractivity contribution in [3.63, 3.8) is 0 Å². The molecule has 0 fully saturated rings. The SMILES string of the molecule is CNC(Cc1ccccc1F)c1cc(C)nnc1C. The van der Waals surface area contributed by atoms with E-state index in [1.807, 2.05) is 39.1 Å². The van der Waals surface area contributed by atoms with Gasteiger partial charge in [-0.3, -0.25) is 0 Å². The Morgan fingerprint density at radius 3 is 2.63 bits per heavy atom. The van der Waals surface area contributed by atoms with E-state index in [1.54, 1.807) is 6.07 Å². The Labute approximate surface area is 112 Å². The molecule has 1 N–H and O–H groups in total. The van der Waals surface area contributed by atoms with Gasteiger partial charge in [0.15, 0.2) is 0 Å². The molecule has 3 nitrogen and oxygen atoms in total. The van der Waals surface area contributed by atoms with E-state index in [2.05, 4.69) is 15.5 Å². The van der Waals surface area contributed by atoms with Crippen molar-refractivity contribution in [1.82, 2.24) is 15.5 Å². The molecule has 1 aromatic carbocycles. The first kappa shape index (κ1) is 13.6. The molecule has 0 saturated carbocycles. The van der Waals surface area contributed by atoms with Crippen LogP contribution in [0.25, 0.3) is 0 Å². The van der Waals surface area contributed by atoms with E-state index < -0.39 is 0 Å². The molecule has 0 saturated heterocycles. The molecule has 2 aromatic rings. The highest BCUT2D eigenvalue weighted by Crippen LogP contribution is 2.22. The lowest BCUT2D eigenvalue weighted by Crippen LogP contribution is -2.21. The van der Waals surface area contributed by atoms with Crippen LogP contribution in [0.15, 0.2) is 30.3 Å². The second kappa shape index (κ2) is 5.89. The van der Waals surface area contributed by atoms with E-state index in [4.69, 9.17) is 0 Å². The number of nitrogens with one attached hydrogen (secondary N) is 1. The predicted octanol–water partition coefficient (Wildman–Crippen LogP) is 2.74. The third kappa shape index (κ3) is 3.15. The first-order valence-corrected chi connectivity index (χ1v) is 6.33. The molecule has 4 heteroatoms. The summed E-state index contributed by atoms with van der Waals surface area (Å²) in [5, 5.41) is 11.4. The normalized spacial score (nSPS) is 12.4. The molecule has 1 atom stereocenters. The van der Waals surface area contributed by atoms with E-state index in [0.29, 0.717) is 12.0 Å². The highest BCUT2D eigenvalue weighted by Gasteiger charge is 2.15. The Hall–Kier alpha value is -1.81. The van der Waals surface area contributed by atoms with E-state index in [9.17, 15) is 4.39 Å². The van der Waals surface area contributed by atoms with Crippen molar-refractivity contribution in [1.29, 1.82) is 0 Å². The summed E-state index contributed by atoms with van der Waals surface area (Å²) in [6.07, 6.45) is 0.592. The maximum Gasteiger partial charge on any atom is 0.126 e. The van der Waals surface area contributed by atoms with Gasteiger partial charge in [-0.1, -0.05) is 18.2 Å². The van der Waals surface area contributed by atoms with E-state index in [0.717, 1.165) is 17.0 Å². The number of aromatic nitrogens is 2. The Morgan fingerprint density at radius 2 is 1.95 bits per heavy atom. The molecule has 0 amide bonds. The van der Waals surface area contributed by atoms with Gasteiger partial charge in [0.05, 0.1) is 11.4 Å². The Balaban J connectivity index is 2.30. The molecule has 0 aliphatic heterocycles. The van der Waals surface area contributed by atoms with Crippen LogP contribution < -0.4 is 5.32 Å². The molecule has 2 rings (SSSR count). The number of likely N-dealkylation sites (N-methyl/N-ethyl adjacent to an activating group) is 1. The lowest BCUT2D eigenvalue weighted by molar-refractivity contribution is 0.549. The Bertz CT molecular complexity index is 569. The van der Waals surface area contributed by atoms with E-state index in [-0.39, 0.29) is 11.9 Å². The number of aryl methyl sites for hydroxylation is 2. The minimum Gasteiger partial charge on any atom is -0.313 e. The third-order valence-corrected chi connectivity index (χ3v) is 3.25. The summed E-state index contributed by atoms with van der Waals surface area (Å²) in [7, 11) is 1.88. The third-order valence-electron chi connectivity index (χ3n) is 3.25. The maximum atomic E-state index is 13.7. The first-order chi connectivity index (χ1) is 9.11. The smallest absolute Gasteiger partial charge is 0.126 e. The standard InChI is InChI=1S/C15H18FN3/c1-10-8-13(11(2)19-18-10)15(17-3)9-12-6-4-5-7-14(12)16/h4-8,15,17H,9H2,1-3H3. The minimum atomic E-state index is -0.167. The summed E-state index contributed by atoms with van der Waals surface area (Å²) in [4.78, 5) is 0. The highest BCUT2D eigenvalue weighted by molar-refractivity contribution is 5.27. The van der Waals surface area contributed by atoms with Gasteiger partial charge in [-0.25, -0.2) is 4.39 Å². The second-order valence-corrected chi connectivity index (χ2v) is 4.66. The number of hydrogen-bond donors (Lipinski definition) is 1. The summed E-state index contributed by atoms with van der Waals surface area (Å²) < 4.78 is 13.7. The number of halogens is 1. The number of nitrogens with zero attached hydrogens (tertiary/aromatic N) is 2. The average Bonchev–Trinajstić information content (AvgIpc) is 2.41. The quantitative estimate of drug-likeness (QED) is 0.917. The van der Waals surface area contributed by atoms with Crippen molar-refractivity contribution in [2.24, 2.45) is 0 Å². The van der Waals surface area contributed by atoms with Gasteiger partial charge < -0.3 is 5.32 Å². The van der Waals surface area contributed by atoms with Crippen molar-refractivity contribution in [2.45, 2.75) is 26.3 Å². The van der Waals surface area contributed by atoms with Crippen molar-refractivity contribution < 1.29 is 4.39 Å². The van der Waals surface area contributed by atoms with Gasteiger partial charge in [0.25, 0.3) is 0 Å². The van der Waals surface area contributed by atoms with Crippen molar-refractivity contribution in [3.8, 4) is 0 Å². The molecule has 1 unspecified atom stereocenters. The Kier molecular flexibility index (Phi) is 4.22. The summed E-state index contributed by atoms with van der Waals surface area (Å²) in [6, 6.07) is 8.90. The molecule has 0 bridgehead atoms. The van der Waals surface area contributed by atoms with Crippen molar-refractivity contribution in [2.75, 3.05) is 7.05 Å². The molecule has 0 aliphatic carbocycles. The molecular formula is C15H18FN3. The minimum absolute atomic E-state index is 0.0334. The van der Waals surface area contributed by atoms with E-state index in [1.165, 1.54) is 6.07 Å². The molecule has 1 heterocycles. The zero-order valence-electron chi connectivity index (χ0n) is 11.4. The predicted molar refractivity (Wildman–Crippen MR) is 73.4 cm³/mol. The second-order valence-electron chi connectivity index (χ2n) is 4.66. The molecule has 0 spiro atoms. The topological polar surface area (TPSA) is 37.8 Å². The summed E-state index contributed by atoms with van der Waals surface area (Å²) in [5.41, 5.74) is 3.52. The van der Waals surface area contributed by atoms with Gasteiger partial charge in [-0.2, -0.15) is 10.2 Å². The molecule has 1 aromatic heterocycles. The largest absolute Gasteiger partial charge is 0.313 e. The van der Waals surface area contributed by atoms with Crippen LogP contribution in [0.3, 0.4) is 0 Å². The number of hydrogen-bond acceptors (Lipinski definition) is 3. The molecule has 100 valence electrons. The van der Waals surface area contributed by atoms with Gasteiger partial charge in [-0.15, -0.1) is 0 Å². The van der Waals surface area contributed by atoms with Gasteiger partial charge in [0, 0.05) is 6.04 Å². The Morgan fingerprint density at radius 1 is 1.21 bits per heavy atom. The molecule has 0 aliphatic rings. The van der Waals surface area contributed by atoms with Crippen LogP contribution in [0.2, 0.25) is 0 Å². The van der Waals surface area contributed by atoms with Crippen LogP contribution in [0.4, 0.5) is 4.39 Å². The molecular weight excluding hydrogens is 241 g/mol. The zero-order valence-corrected chi connectivity index (χ0v) is 11.4. The van der Waals surface area contributed by atoms with Crippen LogP contribution in [0.5, 0.6) is 0 Å². The van der Waals surface area contributed by atoms with Gasteiger partial charge in [0.2, 0.25) is 0 Å². The lowest BCUT2D eigenvalue weighted by atomic mass is 9.97. The van der Waals surface area contributed by atoms with Gasteiger partial charge >= 0.3 is 0 Å². The molecule has 0 radical (unpaired) electrons. The van der Waals surface area contributed by atoms with Crippen molar-refractivity contribution >= 4 is 0 Å². The number of benzene rings is 1. The fourth-order valence-corrected chi connectivity index (χ4v) is 2.17. The average molecular weight is 259 g/mol. The van der Waals surface area contributed by atoms with Crippen LogP contribution in [0.1, 0.15) is 28.6 Å². The summed E-state index contributed by atoms with van der Waals surface area (Å²) in [6.45, 7) is 3.83. The number of rotatable bonds is 4. The fraction of sp³-hybridized carbons (Fsp3) is 0.333. The van der Waals surface area contributed by atoms with Crippen LogP contribution in [-0.2, 0) is 6.42 Å². The monoisotopic (exact) mass is 259 g/mol. The van der Waals surface area contributed by atoms with E-state index >= 15 is 0 Å². The van der Waals surface area contributed by atoms with Crippen molar-refractivity contribution in [3.05, 3.63) is 58.7 Å². The molecule has 19 heavy (non-hydrogen) atoms. The maximum absolute atomic E-state index is 13.7. The first-order valence-electron chi connectivity index (χ1n) is 6.33. The van der Waals surface area contributed by atoms with Crippen LogP contribution in [0, 0.1) is 19.7 Å². The summed E-state index contributed by atoms with van der Waals surface area (Å²) in [5.74, 6) is -0.167. The van der Waals surface area contributed by atoms with Gasteiger partial charge in [0.1, 0.15) is 5.82 Å².